The highest BCUT2D eigenvalue weighted by molar-refractivity contribution is 14.1. The quantitative estimate of drug-likeness (QED) is 0.340. The van der Waals surface area contributed by atoms with Crippen LogP contribution in [0.3, 0.4) is 0 Å². The van der Waals surface area contributed by atoms with Gasteiger partial charge in [0, 0.05) is 41.6 Å². The van der Waals surface area contributed by atoms with Crippen LogP contribution < -0.4 is 0 Å². The summed E-state index contributed by atoms with van der Waals surface area (Å²) in [4.78, 5) is 25.0. The molecule has 1 aliphatic rings. The van der Waals surface area contributed by atoms with Crippen LogP contribution in [-0.2, 0) is 14.3 Å². The molecule has 4 atom stereocenters. The van der Waals surface area contributed by atoms with E-state index in [2.05, 4.69) is 16.8 Å². The lowest BCUT2D eigenvalue weighted by molar-refractivity contribution is -0.138. The topological polar surface area (TPSA) is 70.5 Å². The molecule has 0 aromatic rings. The van der Waals surface area contributed by atoms with E-state index in [-0.39, 0.29) is 23.5 Å². The molecule has 1 fully saturated rings. The van der Waals surface area contributed by atoms with Crippen LogP contribution in [-0.4, -0.2) is 35.1 Å². The molecule has 0 aromatic heterocycles. The van der Waals surface area contributed by atoms with Crippen molar-refractivity contribution in [1.29, 1.82) is 5.41 Å². The Morgan fingerprint density at radius 1 is 1.29 bits per heavy atom. The van der Waals surface area contributed by atoms with Gasteiger partial charge in [-0.3, -0.25) is 14.5 Å². The zero-order valence-corrected chi connectivity index (χ0v) is 14.7. The number of allylic oxidation sites excluding steroid dienone is 1. The number of amides is 1. The zero-order chi connectivity index (χ0) is 16.2. The number of hydrogen-bond donors (Lipinski definition) is 1. The highest BCUT2D eigenvalue weighted by Crippen LogP contribution is 2.34. The molecule has 6 heteroatoms. The van der Waals surface area contributed by atoms with Crippen LogP contribution in [0.4, 0.5) is 0 Å². The van der Waals surface area contributed by atoms with Gasteiger partial charge in [-0.05, 0) is 22.7 Å². The number of ether oxygens (including phenoxy) is 1. The second-order valence-electron chi connectivity index (χ2n) is 5.15. The second-order valence-corrected chi connectivity index (χ2v) is 5.69. The van der Waals surface area contributed by atoms with E-state index in [1.54, 1.807) is 0 Å². The number of carbonyl (C=O) groups excluding carboxylic acids is 2. The molecule has 0 spiro atoms. The molecule has 0 aromatic carbocycles. The molecular formula is C15H19IN2O3. The van der Waals surface area contributed by atoms with Gasteiger partial charge in [0.25, 0.3) is 0 Å². The summed E-state index contributed by atoms with van der Waals surface area (Å²) in [6.07, 6.45) is 1.71. The van der Waals surface area contributed by atoms with Gasteiger partial charge in [-0.2, -0.15) is 0 Å². The molecule has 114 valence electrons. The number of hydrogen-bond acceptors (Lipinski definition) is 4. The Kier molecular flexibility index (Phi) is 6.55. The van der Waals surface area contributed by atoms with Crippen molar-refractivity contribution >= 4 is 40.5 Å². The first-order valence-corrected chi connectivity index (χ1v) is 7.74. The minimum Gasteiger partial charge on any atom is -0.354 e. The Balaban J connectivity index is 3.17. The van der Waals surface area contributed by atoms with E-state index in [1.807, 2.05) is 36.4 Å². The van der Waals surface area contributed by atoms with Crippen LogP contribution in [0.1, 0.15) is 27.7 Å². The summed E-state index contributed by atoms with van der Waals surface area (Å²) >= 11 is 1.81. The molecule has 1 rings (SSSR count). The normalized spacial score (nSPS) is 28.5. The van der Waals surface area contributed by atoms with E-state index in [0.29, 0.717) is 12.1 Å². The van der Waals surface area contributed by atoms with Crippen molar-refractivity contribution in [3.63, 3.8) is 0 Å². The van der Waals surface area contributed by atoms with Gasteiger partial charge < -0.3 is 10.1 Å². The van der Waals surface area contributed by atoms with Gasteiger partial charge in [-0.1, -0.05) is 13.8 Å². The number of ketones is 1. The average Bonchev–Trinajstić information content (AvgIpc) is 2.69. The molecule has 1 aliphatic heterocycles. The fourth-order valence-corrected chi connectivity index (χ4v) is 2.53. The highest BCUT2D eigenvalue weighted by atomic mass is 127. The molecule has 0 aliphatic carbocycles. The number of carbonyl (C=O) groups is 2. The van der Waals surface area contributed by atoms with Crippen LogP contribution in [0, 0.1) is 27.1 Å². The largest absolute Gasteiger partial charge is 0.354 e. The minimum atomic E-state index is -0.530. The molecule has 1 N–H and O–H groups in total. The second kappa shape index (κ2) is 7.71. The van der Waals surface area contributed by atoms with Crippen LogP contribution >= 0.6 is 22.6 Å². The average molecular weight is 402 g/mol. The summed E-state index contributed by atoms with van der Waals surface area (Å²) in [6, 6.07) is 0. The Bertz CT molecular complexity index is 533. The fraction of sp³-hybridized carbons (Fsp3) is 0.533. The van der Waals surface area contributed by atoms with Crippen molar-refractivity contribution in [2.24, 2.45) is 11.8 Å². The maximum atomic E-state index is 11.9. The van der Waals surface area contributed by atoms with Crippen LogP contribution in [0.25, 0.3) is 0 Å². The Morgan fingerprint density at radius 2 is 1.90 bits per heavy atom. The van der Waals surface area contributed by atoms with E-state index in [1.165, 1.54) is 18.0 Å². The number of nitrogens with zero attached hydrogens (tertiary/aromatic N) is 1. The monoisotopic (exact) mass is 402 g/mol. The number of nitrogens with one attached hydrogen (secondary N) is 1. The number of rotatable bonds is 4. The third kappa shape index (κ3) is 4.14. The number of halogens is 1. The molecule has 0 saturated carbocycles. The van der Waals surface area contributed by atoms with Crippen molar-refractivity contribution < 1.29 is 14.3 Å². The van der Waals surface area contributed by atoms with Gasteiger partial charge in [-0.15, -0.1) is 0 Å². The Labute approximate surface area is 138 Å². The maximum absolute atomic E-state index is 11.9. The van der Waals surface area contributed by atoms with E-state index in [9.17, 15) is 9.59 Å². The predicted molar refractivity (Wildman–Crippen MR) is 88.9 cm³/mol. The third-order valence-electron chi connectivity index (χ3n) is 3.86. The van der Waals surface area contributed by atoms with E-state index < -0.39 is 12.0 Å². The Morgan fingerprint density at radius 3 is 2.29 bits per heavy atom. The van der Waals surface area contributed by atoms with Crippen LogP contribution in [0.2, 0.25) is 0 Å². The fourth-order valence-electron chi connectivity index (χ4n) is 2.24. The van der Waals surface area contributed by atoms with Gasteiger partial charge in [0.05, 0.1) is 17.9 Å². The van der Waals surface area contributed by atoms with Gasteiger partial charge in [-0.25, -0.2) is 0 Å². The highest BCUT2D eigenvalue weighted by Gasteiger charge is 2.40. The molecule has 5 nitrogen and oxygen atoms in total. The molecule has 0 bridgehead atoms. The lowest BCUT2D eigenvalue weighted by Crippen LogP contribution is -2.39. The van der Waals surface area contributed by atoms with Crippen molar-refractivity contribution in [1.82, 2.24) is 4.90 Å². The van der Waals surface area contributed by atoms with E-state index in [0.717, 1.165) is 0 Å². The minimum absolute atomic E-state index is 0.0396. The predicted octanol–water partition coefficient (Wildman–Crippen LogP) is 2.35. The summed E-state index contributed by atoms with van der Waals surface area (Å²) in [5, 5.41) is 7.06. The summed E-state index contributed by atoms with van der Waals surface area (Å²) < 4.78 is 8.44. The molecule has 1 saturated heterocycles. The first-order chi connectivity index (χ1) is 9.83. The van der Waals surface area contributed by atoms with Crippen molar-refractivity contribution in [3.8, 4) is 9.85 Å². The first kappa shape index (κ1) is 17.9. The lowest BCUT2D eigenvalue weighted by Gasteiger charge is -2.27. The van der Waals surface area contributed by atoms with Crippen molar-refractivity contribution in [2.45, 2.75) is 40.0 Å². The van der Waals surface area contributed by atoms with Gasteiger partial charge in [0.15, 0.2) is 0 Å². The summed E-state index contributed by atoms with van der Waals surface area (Å²) in [5.74, 6) is 2.32. The van der Waals surface area contributed by atoms with Crippen molar-refractivity contribution in [3.05, 3.63) is 11.8 Å². The smallest absolute Gasteiger partial charge is 0.225 e. The summed E-state index contributed by atoms with van der Waals surface area (Å²) in [6.45, 7) is 7.48. The molecule has 0 radical (unpaired) electrons. The van der Waals surface area contributed by atoms with Crippen molar-refractivity contribution in [2.75, 3.05) is 0 Å². The lowest BCUT2D eigenvalue weighted by atomic mass is 9.93. The van der Waals surface area contributed by atoms with Crippen LogP contribution in [0.5, 0.6) is 0 Å². The summed E-state index contributed by atoms with van der Waals surface area (Å²) in [7, 11) is 0. The van der Waals surface area contributed by atoms with Crippen LogP contribution in [0.15, 0.2) is 11.8 Å². The molecule has 21 heavy (non-hydrogen) atoms. The standard InChI is InChI=1S/C15H19IN2O3/c1-9-10(2)15(21-11(9)3)18(12(4)19)8-13(5-6-16)14(20)7-17/h7-11,15,17H,1-4H3/b13-8-,17-7?. The zero-order valence-electron chi connectivity index (χ0n) is 12.5. The van der Waals surface area contributed by atoms with E-state index >= 15 is 0 Å². The third-order valence-corrected chi connectivity index (χ3v) is 4.13. The SMILES string of the molecule is CC(=O)N(/C=C(/C#CI)C(=O)C=N)C1OC(C)C(C)C1C. The molecule has 1 heterocycles. The Hall–Kier alpha value is -1.20. The molecule has 1 amide bonds. The van der Waals surface area contributed by atoms with Gasteiger partial charge in [0.1, 0.15) is 6.23 Å². The molecular weight excluding hydrogens is 383 g/mol. The number of Topliss-reactive ketones (excluding diaryl/α,β-unsaturated/α-hetero) is 1. The summed E-state index contributed by atoms with van der Waals surface area (Å²) in [5.41, 5.74) is 0.109. The molecule has 4 unspecified atom stereocenters. The van der Waals surface area contributed by atoms with Gasteiger partial charge in [0.2, 0.25) is 11.7 Å². The first-order valence-electron chi connectivity index (χ1n) is 6.66. The maximum Gasteiger partial charge on any atom is 0.225 e. The van der Waals surface area contributed by atoms with Gasteiger partial charge >= 0.3 is 0 Å². The van der Waals surface area contributed by atoms with E-state index in [4.69, 9.17) is 10.1 Å².